The molecule has 0 saturated carbocycles. The topological polar surface area (TPSA) is 184 Å². The van der Waals surface area contributed by atoms with E-state index in [-0.39, 0.29) is 48.7 Å². The number of benzene rings is 4. The van der Waals surface area contributed by atoms with Gasteiger partial charge in [-0.3, -0.25) is 44.0 Å². The van der Waals surface area contributed by atoms with Gasteiger partial charge in [0, 0.05) is 80.0 Å². The Labute approximate surface area is 376 Å². The van der Waals surface area contributed by atoms with Crippen LogP contribution in [0.25, 0.3) is 33.4 Å². The number of fused-ring (bicyclic) bond motifs is 2. The number of urea groups is 1. The van der Waals surface area contributed by atoms with E-state index in [1.807, 2.05) is 40.0 Å². The third kappa shape index (κ3) is 8.47. The average Bonchev–Trinajstić information content (AvgIpc) is 3.92. The van der Waals surface area contributed by atoms with E-state index >= 15 is 8.78 Å². The second-order valence-corrected chi connectivity index (χ2v) is 16.8. The maximum atomic E-state index is 15.4. The number of aromatic nitrogens is 4. The van der Waals surface area contributed by atoms with Crippen LogP contribution in [-0.4, -0.2) is 105 Å². The summed E-state index contributed by atoms with van der Waals surface area (Å²) in [5, 5.41) is 12.6. The second kappa shape index (κ2) is 17.9. The zero-order valence-corrected chi connectivity index (χ0v) is 35.6. The van der Waals surface area contributed by atoms with Crippen LogP contribution in [0.5, 0.6) is 0 Å². The van der Waals surface area contributed by atoms with Gasteiger partial charge in [0.1, 0.15) is 17.7 Å². The molecule has 3 N–H and O–H groups in total. The maximum Gasteiger partial charge on any atom is 0.319 e. The van der Waals surface area contributed by atoms with Crippen molar-refractivity contribution >= 4 is 52.1 Å². The Morgan fingerprint density at radius 3 is 2.38 bits per heavy atom. The number of carbonyl (C=O) groups excluding carboxylic acids is 5. The minimum atomic E-state index is -1.06. The van der Waals surface area contributed by atoms with Gasteiger partial charge in [0.25, 0.3) is 11.8 Å². The van der Waals surface area contributed by atoms with Crippen molar-refractivity contribution in [3.63, 3.8) is 0 Å². The molecule has 4 aliphatic heterocycles. The predicted molar refractivity (Wildman–Crippen MR) is 238 cm³/mol. The smallest absolute Gasteiger partial charge is 0.319 e. The molecule has 18 heteroatoms. The molecular weight excluding hydrogens is 851 g/mol. The minimum absolute atomic E-state index is 0.0302. The first-order valence-corrected chi connectivity index (χ1v) is 21.9. The molecule has 0 aliphatic carbocycles. The Balaban J connectivity index is 0.747. The summed E-state index contributed by atoms with van der Waals surface area (Å²) in [4.78, 5) is 78.0. The van der Waals surface area contributed by atoms with E-state index in [0.717, 1.165) is 42.1 Å². The predicted octanol–water partition coefficient (Wildman–Crippen LogP) is 5.84. The van der Waals surface area contributed by atoms with Gasteiger partial charge in [-0.2, -0.15) is 5.10 Å². The van der Waals surface area contributed by atoms with Crippen LogP contribution in [0.4, 0.5) is 25.0 Å². The molecule has 4 aromatic carbocycles. The molecule has 3 fully saturated rings. The number of nitrogens with zero attached hydrogens (tertiary/aromatic N) is 7. The lowest BCUT2D eigenvalue weighted by Gasteiger charge is -2.34. The van der Waals surface area contributed by atoms with E-state index in [1.165, 1.54) is 24.3 Å². The standard InChI is InChI=1S/C48H44F2N10O6/c49-38-20-29(21-39(50)37(38)27-57-15-17-66-18-16-57)34-5-2-6-40-44(34)55-41(25-51-40)30-24-53-59(26-30)32-11-13-58(14-12-32)33-4-1-3-31(22-33)54-48(65)52-23-28-7-8-35-36(19-28)47(64)60(46(35)63)42-9-10-43(61)56-45(42)62/h1-8,19-22,24-26,32,42H,9-18,23,27H2,(H2,52,54,65)(H,56,61,62). The molecule has 0 radical (unpaired) electrons. The van der Waals surface area contributed by atoms with E-state index < -0.39 is 47.3 Å². The molecular formula is C48H44F2N10O6. The van der Waals surface area contributed by atoms with Crippen molar-refractivity contribution in [2.24, 2.45) is 0 Å². The summed E-state index contributed by atoms with van der Waals surface area (Å²) in [6, 6.07) is 19.0. The van der Waals surface area contributed by atoms with Crippen LogP contribution in [0.3, 0.4) is 0 Å². The summed E-state index contributed by atoms with van der Waals surface area (Å²) < 4.78 is 38.2. The molecule has 4 aliphatic rings. The number of rotatable bonds is 10. The lowest BCUT2D eigenvalue weighted by Crippen LogP contribution is -2.54. The summed E-state index contributed by atoms with van der Waals surface area (Å²) in [5.74, 6) is -3.54. The fourth-order valence-corrected chi connectivity index (χ4v) is 9.12. The van der Waals surface area contributed by atoms with Gasteiger partial charge in [0.15, 0.2) is 0 Å². The molecule has 6 heterocycles. The van der Waals surface area contributed by atoms with Crippen molar-refractivity contribution in [1.29, 1.82) is 0 Å². The van der Waals surface area contributed by atoms with Crippen LogP contribution in [-0.2, 0) is 27.4 Å². The highest BCUT2D eigenvalue weighted by molar-refractivity contribution is 6.23. The van der Waals surface area contributed by atoms with E-state index in [1.54, 1.807) is 36.7 Å². The van der Waals surface area contributed by atoms with Crippen LogP contribution in [0.15, 0.2) is 91.4 Å². The normalized spacial score (nSPS) is 18.2. The minimum Gasteiger partial charge on any atom is -0.379 e. The number of anilines is 2. The number of halogens is 2. The summed E-state index contributed by atoms with van der Waals surface area (Å²) >= 11 is 0. The van der Waals surface area contributed by atoms with Gasteiger partial charge >= 0.3 is 6.03 Å². The molecule has 0 bridgehead atoms. The first kappa shape index (κ1) is 42.5. The Morgan fingerprint density at radius 1 is 0.818 bits per heavy atom. The fraction of sp³-hybridized carbons (Fsp3) is 0.292. The molecule has 6 aromatic rings. The first-order valence-electron chi connectivity index (χ1n) is 21.9. The van der Waals surface area contributed by atoms with Crippen LogP contribution in [0, 0.1) is 11.6 Å². The summed E-state index contributed by atoms with van der Waals surface area (Å²) in [5.41, 5.74) is 5.92. The van der Waals surface area contributed by atoms with Crippen molar-refractivity contribution < 1.29 is 37.5 Å². The van der Waals surface area contributed by atoms with Gasteiger partial charge in [0.2, 0.25) is 11.8 Å². The summed E-state index contributed by atoms with van der Waals surface area (Å²) in [6.07, 6.45) is 7.11. The van der Waals surface area contributed by atoms with Crippen molar-refractivity contribution in [3.05, 3.63) is 125 Å². The number of para-hydroxylation sites is 1. The SMILES string of the molecule is O=C1CCC(N2C(=O)c3ccc(CNC(=O)Nc4cccc(N5CCC(n6cc(-c7cnc8cccc(-c9cc(F)c(CN%10CCOCC%10)c(F)c9)c8n7)cn6)CC5)c4)cc3C2=O)C(=O)N1. The monoisotopic (exact) mass is 894 g/mol. The average molecular weight is 895 g/mol. The van der Waals surface area contributed by atoms with E-state index in [4.69, 9.17) is 14.8 Å². The van der Waals surface area contributed by atoms with Crippen molar-refractivity contribution in [2.75, 3.05) is 49.6 Å². The molecule has 66 heavy (non-hydrogen) atoms. The third-order valence-corrected chi connectivity index (χ3v) is 12.7. The van der Waals surface area contributed by atoms with Gasteiger partial charge in [0.05, 0.1) is 59.5 Å². The number of amides is 6. The van der Waals surface area contributed by atoms with Crippen LogP contribution in [0.1, 0.15) is 63.6 Å². The van der Waals surface area contributed by atoms with Gasteiger partial charge in [-0.15, -0.1) is 0 Å². The second-order valence-electron chi connectivity index (χ2n) is 16.8. The Kier molecular flexibility index (Phi) is 11.5. The molecule has 6 amide bonds. The van der Waals surface area contributed by atoms with Gasteiger partial charge in [-0.1, -0.05) is 24.3 Å². The number of imide groups is 2. The molecule has 0 spiro atoms. The van der Waals surface area contributed by atoms with Gasteiger partial charge in [-0.05, 0) is 78.9 Å². The number of morpholine rings is 1. The largest absolute Gasteiger partial charge is 0.379 e. The molecule has 1 unspecified atom stereocenters. The van der Waals surface area contributed by atoms with E-state index in [0.29, 0.717) is 65.4 Å². The lowest BCUT2D eigenvalue weighted by atomic mass is 10.0. The van der Waals surface area contributed by atoms with E-state index in [9.17, 15) is 24.0 Å². The molecule has 10 rings (SSSR count). The maximum absolute atomic E-state index is 15.4. The number of piperidine rings is 2. The molecule has 1 atom stereocenters. The van der Waals surface area contributed by atoms with Crippen molar-refractivity contribution in [2.45, 2.75) is 50.9 Å². The third-order valence-electron chi connectivity index (χ3n) is 12.7. The zero-order valence-electron chi connectivity index (χ0n) is 35.6. The molecule has 2 aromatic heterocycles. The number of nitrogens with one attached hydrogen (secondary N) is 3. The molecule has 3 saturated heterocycles. The van der Waals surface area contributed by atoms with Gasteiger partial charge < -0.3 is 20.3 Å². The first-order chi connectivity index (χ1) is 32.1. The van der Waals surface area contributed by atoms with Crippen LogP contribution in [0.2, 0.25) is 0 Å². The molecule has 16 nitrogen and oxygen atoms in total. The van der Waals surface area contributed by atoms with Crippen molar-refractivity contribution in [1.82, 2.24) is 40.2 Å². The number of carbonyl (C=O) groups is 5. The quantitative estimate of drug-likeness (QED) is 0.141. The van der Waals surface area contributed by atoms with Crippen molar-refractivity contribution in [3.8, 4) is 22.4 Å². The highest BCUT2D eigenvalue weighted by Crippen LogP contribution is 2.34. The zero-order chi connectivity index (χ0) is 45.5. The lowest BCUT2D eigenvalue weighted by molar-refractivity contribution is -0.136. The fourth-order valence-electron chi connectivity index (χ4n) is 9.12. The number of hydrogen-bond donors (Lipinski definition) is 3. The Bertz CT molecular complexity index is 2910. The highest BCUT2D eigenvalue weighted by atomic mass is 19.1. The summed E-state index contributed by atoms with van der Waals surface area (Å²) in [6.45, 7) is 4.05. The van der Waals surface area contributed by atoms with E-state index in [2.05, 4.69) is 25.8 Å². The Hall–Kier alpha value is -7.44. The number of ether oxygens (including phenoxy) is 1. The number of hydrogen-bond acceptors (Lipinski definition) is 11. The summed E-state index contributed by atoms with van der Waals surface area (Å²) in [7, 11) is 0. The van der Waals surface area contributed by atoms with Crippen LogP contribution >= 0.6 is 0 Å². The molecule has 336 valence electrons. The van der Waals surface area contributed by atoms with Crippen LogP contribution < -0.4 is 20.9 Å². The van der Waals surface area contributed by atoms with Gasteiger partial charge in [-0.25, -0.2) is 18.6 Å². The Morgan fingerprint density at radius 2 is 1.59 bits per heavy atom. The highest BCUT2D eigenvalue weighted by Gasteiger charge is 2.44.